The molecule has 1 atom stereocenters. The zero-order valence-electron chi connectivity index (χ0n) is 13.4. The molecule has 2 rings (SSSR count). The van der Waals surface area contributed by atoms with Crippen LogP contribution in [0.1, 0.15) is 24.1 Å². The minimum atomic E-state index is -0.197. The molecule has 2 aromatic carbocycles. The van der Waals surface area contributed by atoms with Crippen LogP contribution in [0, 0.1) is 6.92 Å². The molecular weight excluding hydrogens is 314 g/mol. The summed E-state index contributed by atoms with van der Waals surface area (Å²) in [5.41, 5.74) is 1.81. The van der Waals surface area contributed by atoms with Gasteiger partial charge < -0.3 is 14.8 Å². The van der Waals surface area contributed by atoms with E-state index >= 15 is 0 Å². The largest absolute Gasteiger partial charge is 0.496 e. The Hall–Kier alpha value is -2.20. The van der Waals surface area contributed by atoms with Gasteiger partial charge in [-0.15, -0.1) is 0 Å². The van der Waals surface area contributed by atoms with Crippen molar-refractivity contribution >= 4 is 17.5 Å². The summed E-state index contributed by atoms with van der Waals surface area (Å²) in [7, 11) is 1.61. The summed E-state index contributed by atoms with van der Waals surface area (Å²) in [6, 6.07) is 12.7. The number of benzene rings is 2. The zero-order chi connectivity index (χ0) is 16.8. The van der Waals surface area contributed by atoms with Crippen LogP contribution in [0.2, 0.25) is 5.02 Å². The number of carbonyl (C=O) groups is 1. The second-order valence-corrected chi connectivity index (χ2v) is 5.67. The Balaban J connectivity index is 1.94. The van der Waals surface area contributed by atoms with E-state index < -0.39 is 0 Å². The monoisotopic (exact) mass is 333 g/mol. The second-order valence-electron chi connectivity index (χ2n) is 5.23. The molecule has 1 N–H and O–H groups in total. The normalized spacial score (nSPS) is 11.7. The third-order valence-electron chi connectivity index (χ3n) is 3.48. The predicted molar refractivity (Wildman–Crippen MR) is 91.2 cm³/mol. The van der Waals surface area contributed by atoms with Crippen LogP contribution >= 0.6 is 11.6 Å². The van der Waals surface area contributed by atoms with E-state index in [1.54, 1.807) is 25.3 Å². The molecule has 0 radical (unpaired) electrons. The molecular formula is C18H20ClNO3. The average molecular weight is 334 g/mol. The third-order valence-corrected chi connectivity index (χ3v) is 3.71. The number of rotatable bonds is 6. The molecule has 0 bridgehead atoms. The van der Waals surface area contributed by atoms with Crippen LogP contribution < -0.4 is 14.8 Å². The smallest absolute Gasteiger partial charge is 0.258 e. The Morgan fingerprint density at radius 2 is 1.96 bits per heavy atom. The number of para-hydroxylation sites is 1. The van der Waals surface area contributed by atoms with Crippen LogP contribution in [-0.2, 0) is 4.79 Å². The van der Waals surface area contributed by atoms with Crippen LogP contribution in [0.4, 0.5) is 0 Å². The number of methoxy groups -OCH3 is 1. The van der Waals surface area contributed by atoms with Crippen molar-refractivity contribution in [3.8, 4) is 11.5 Å². The van der Waals surface area contributed by atoms with Crippen LogP contribution in [0.15, 0.2) is 42.5 Å². The molecule has 23 heavy (non-hydrogen) atoms. The van der Waals surface area contributed by atoms with E-state index in [0.29, 0.717) is 10.8 Å². The fourth-order valence-electron chi connectivity index (χ4n) is 2.30. The lowest BCUT2D eigenvalue weighted by molar-refractivity contribution is -0.123. The Bertz CT molecular complexity index is 688. The van der Waals surface area contributed by atoms with Gasteiger partial charge in [-0.25, -0.2) is 0 Å². The van der Waals surface area contributed by atoms with Crippen LogP contribution in [0.3, 0.4) is 0 Å². The first-order valence-electron chi connectivity index (χ1n) is 7.32. The fraction of sp³-hybridized carbons (Fsp3) is 0.278. The number of ether oxygens (including phenoxy) is 2. The molecule has 2 aromatic rings. The average Bonchev–Trinajstić information content (AvgIpc) is 2.54. The van der Waals surface area contributed by atoms with Crippen LogP contribution in [-0.4, -0.2) is 19.6 Å². The van der Waals surface area contributed by atoms with Gasteiger partial charge in [-0.1, -0.05) is 29.8 Å². The molecule has 1 amide bonds. The van der Waals surface area contributed by atoms with Gasteiger partial charge in [0, 0.05) is 10.6 Å². The summed E-state index contributed by atoms with van der Waals surface area (Å²) in [6.07, 6.45) is 0. The van der Waals surface area contributed by atoms with Gasteiger partial charge in [-0.2, -0.15) is 0 Å². The van der Waals surface area contributed by atoms with E-state index in [1.807, 2.05) is 38.1 Å². The lowest BCUT2D eigenvalue weighted by Gasteiger charge is -2.17. The van der Waals surface area contributed by atoms with Gasteiger partial charge in [0.15, 0.2) is 6.61 Å². The summed E-state index contributed by atoms with van der Waals surface area (Å²) in [5.74, 6) is 1.20. The third kappa shape index (κ3) is 4.63. The first-order valence-corrected chi connectivity index (χ1v) is 7.70. The highest BCUT2D eigenvalue weighted by Gasteiger charge is 2.14. The molecule has 122 valence electrons. The summed E-state index contributed by atoms with van der Waals surface area (Å²) in [4.78, 5) is 12.1. The molecule has 0 heterocycles. The number of hydrogen-bond donors (Lipinski definition) is 1. The van der Waals surface area contributed by atoms with E-state index in [4.69, 9.17) is 21.1 Å². The highest BCUT2D eigenvalue weighted by molar-refractivity contribution is 6.30. The number of hydrogen-bond acceptors (Lipinski definition) is 3. The van der Waals surface area contributed by atoms with Crippen molar-refractivity contribution < 1.29 is 14.3 Å². The molecule has 0 fully saturated rings. The SMILES string of the molecule is COc1ccccc1C(C)NC(=O)COc1ccc(Cl)cc1C. The minimum absolute atomic E-state index is 0.0536. The standard InChI is InChI=1S/C18H20ClNO3/c1-12-10-14(19)8-9-16(12)23-11-18(21)20-13(2)15-6-4-5-7-17(15)22-3/h4-10,13H,11H2,1-3H3,(H,20,21). The van der Waals surface area contributed by atoms with Crippen molar-refractivity contribution in [1.82, 2.24) is 5.32 Å². The van der Waals surface area contributed by atoms with E-state index in [9.17, 15) is 4.79 Å². The number of amides is 1. The molecule has 0 saturated carbocycles. The maximum Gasteiger partial charge on any atom is 0.258 e. The highest BCUT2D eigenvalue weighted by Crippen LogP contribution is 2.24. The number of nitrogens with one attached hydrogen (secondary N) is 1. The second kappa shape index (κ2) is 7.88. The van der Waals surface area contributed by atoms with Gasteiger partial charge in [0.05, 0.1) is 13.2 Å². The van der Waals surface area contributed by atoms with Crippen molar-refractivity contribution in [2.24, 2.45) is 0 Å². The quantitative estimate of drug-likeness (QED) is 0.871. The van der Waals surface area contributed by atoms with Crippen molar-refractivity contribution in [2.75, 3.05) is 13.7 Å². The molecule has 0 aliphatic rings. The topological polar surface area (TPSA) is 47.6 Å². The molecule has 0 aromatic heterocycles. The molecule has 5 heteroatoms. The van der Waals surface area contributed by atoms with Crippen molar-refractivity contribution in [2.45, 2.75) is 19.9 Å². The Kier molecular flexibility index (Phi) is 5.88. The Morgan fingerprint density at radius 1 is 1.22 bits per heavy atom. The molecule has 0 saturated heterocycles. The lowest BCUT2D eigenvalue weighted by atomic mass is 10.1. The number of aryl methyl sites for hydroxylation is 1. The van der Waals surface area contributed by atoms with Crippen LogP contribution in [0.5, 0.6) is 11.5 Å². The van der Waals surface area contributed by atoms with E-state index in [0.717, 1.165) is 16.9 Å². The van der Waals surface area contributed by atoms with E-state index in [1.165, 1.54) is 0 Å². The van der Waals surface area contributed by atoms with Crippen LogP contribution in [0.25, 0.3) is 0 Å². The molecule has 1 unspecified atom stereocenters. The molecule has 0 aliphatic heterocycles. The van der Waals surface area contributed by atoms with Gasteiger partial charge >= 0.3 is 0 Å². The molecule has 0 aliphatic carbocycles. The maximum atomic E-state index is 12.1. The zero-order valence-corrected chi connectivity index (χ0v) is 14.2. The van der Waals surface area contributed by atoms with E-state index in [-0.39, 0.29) is 18.6 Å². The summed E-state index contributed by atoms with van der Waals surface area (Å²) >= 11 is 5.90. The summed E-state index contributed by atoms with van der Waals surface area (Å²) in [6.45, 7) is 3.74. The fourth-order valence-corrected chi connectivity index (χ4v) is 2.53. The molecule has 4 nitrogen and oxygen atoms in total. The van der Waals surface area contributed by atoms with Crippen molar-refractivity contribution in [3.63, 3.8) is 0 Å². The number of halogens is 1. The number of carbonyl (C=O) groups excluding carboxylic acids is 1. The van der Waals surface area contributed by atoms with Gasteiger partial charge in [-0.3, -0.25) is 4.79 Å². The predicted octanol–water partition coefficient (Wildman–Crippen LogP) is 3.91. The van der Waals surface area contributed by atoms with Gasteiger partial charge in [0.1, 0.15) is 11.5 Å². The molecule has 0 spiro atoms. The Labute approximate surface area is 141 Å². The summed E-state index contributed by atoms with van der Waals surface area (Å²) in [5, 5.41) is 3.54. The highest BCUT2D eigenvalue weighted by atomic mass is 35.5. The van der Waals surface area contributed by atoms with Gasteiger partial charge in [0.2, 0.25) is 0 Å². The van der Waals surface area contributed by atoms with Crippen molar-refractivity contribution in [1.29, 1.82) is 0 Å². The first-order chi connectivity index (χ1) is 11.0. The van der Waals surface area contributed by atoms with E-state index in [2.05, 4.69) is 5.32 Å². The lowest BCUT2D eigenvalue weighted by Crippen LogP contribution is -2.31. The minimum Gasteiger partial charge on any atom is -0.496 e. The van der Waals surface area contributed by atoms with Gasteiger partial charge in [-0.05, 0) is 43.7 Å². The van der Waals surface area contributed by atoms with Crippen molar-refractivity contribution in [3.05, 3.63) is 58.6 Å². The first kappa shape index (κ1) is 17.2. The summed E-state index contributed by atoms with van der Waals surface area (Å²) < 4.78 is 10.9. The Morgan fingerprint density at radius 3 is 2.65 bits per heavy atom. The van der Waals surface area contributed by atoms with Gasteiger partial charge in [0.25, 0.3) is 5.91 Å². The maximum absolute atomic E-state index is 12.1.